The van der Waals surface area contributed by atoms with Gasteiger partial charge in [-0.3, -0.25) is 0 Å². The fraction of sp³-hybridized carbons (Fsp3) is 0.400. The van der Waals surface area contributed by atoms with E-state index in [1.807, 2.05) is 0 Å². The Morgan fingerprint density at radius 1 is 1.37 bits per heavy atom. The molecular formula is C10H13BrFN3O3S. The summed E-state index contributed by atoms with van der Waals surface area (Å²) in [5.41, 5.74) is 5.74. The number of hydrogen-bond acceptors (Lipinski definition) is 5. The third-order valence-corrected chi connectivity index (χ3v) is 4.68. The molecule has 0 amide bonds. The minimum atomic E-state index is -3.99. The summed E-state index contributed by atoms with van der Waals surface area (Å²) in [7, 11) is -3.99. The molecule has 1 saturated heterocycles. The van der Waals surface area contributed by atoms with Crippen LogP contribution in [0.15, 0.2) is 21.5 Å². The van der Waals surface area contributed by atoms with Crippen LogP contribution in [0.1, 0.15) is 0 Å². The molecule has 106 valence electrons. The third kappa shape index (κ3) is 3.42. The molecule has 1 fully saturated rings. The molecule has 1 aromatic carbocycles. The van der Waals surface area contributed by atoms with Crippen LogP contribution in [0.5, 0.6) is 0 Å². The van der Waals surface area contributed by atoms with Crippen molar-refractivity contribution in [1.82, 2.24) is 9.84 Å². The summed E-state index contributed by atoms with van der Waals surface area (Å²) in [6.45, 7) is 1.67. The fourth-order valence-electron chi connectivity index (χ4n) is 1.62. The highest BCUT2D eigenvalue weighted by atomic mass is 79.9. The van der Waals surface area contributed by atoms with E-state index < -0.39 is 20.7 Å². The molecule has 1 aromatic rings. The van der Waals surface area contributed by atoms with Gasteiger partial charge in [0.2, 0.25) is 0 Å². The average Bonchev–Trinajstić information content (AvgIpc) is 2.34. The molecule has 1 heterocycles. The van der Waals surface area contributed by atoms with E-state index in [-0.39, 0.29) is 5.69 Å². The number of halogens is 2. The number of anilines is 1. The van der Waals surface area contributed by atoms with Crippen molar-refractivity contribution in [2.24, 2.45) is 0 Å². The number of nitrogens with one attached hydrogen (secondary N) is 1. The Hall–Kier alpha value is -0.740. The van der Waals surface area contributed by atoms with Crippen molar-refractivity contribution in [3.05, 3.63) is 22.4 Å². The molecular weight excluding hydrogens is 341 g/mol. The van der Waals surface area contributed by atoms with Gasteiger partial charge in [0.05, 0.1) is 13.2 Å². The van der Waals surface area contributed by atoms with Gasteiger partial charge in [-0.15, -0.1) is 4.83 Å². The number of nitrogen functional groups attached to an aromatic ring is 1. The summed E-state index contributed by atoms with van der Waals surface area (Å²) in [5.74, 6) is -0.859. The zero-order chi connectivity index (χ0) is 14.0. The number of nitrogens with two attached hydrogens (primary N) is 1. The summed E-state index contributed by atoms with van der Waals surface area (Å²) >= 11 is 3.04. The number of ether oxygens (including phenoxy) is 1. The second kappa shape index (κ2) is 5.71. The van der Waals surface area contributed by atoms with Crippen molar-refractivity contribution in [3.8, 4) is 0 Å². The Balaban J connectivity index is 2.26. The van der Waals surface area contributed by atoms with Crippen molar-refractivity contribution >= 4 is 31.6 Å². The zero-order valence-electron chi connectivity index (χ0n) is 9.90. The van der Waals surface area contributed by atoms with Crippen molar-refractivity contribution < 1.29 is 17.5 Å². The maximum Gasteiger partial charge on any atom is 0.256 e. The lowest BCUT2D eigenvalue weighted by molar-refractivity contribution is 0.0272. The van der Waals surface area contributed by atoms with Gasteiger partial charge in [-0.1, -0.05) is 0 Å². The van der Waals surface area contributed by atoms with Gasteiger partial charge < -0.3 is 10.5 Å². The molecule has 0 aromatic heterocycles. The Bertz CT molecular complexity index is 576. The van der Waals surface area contributed by atoms with E-state index >= 15 is 0 Å². The molecule has 0 atom stereocenters. The molecule has 1 aliphatic rings. The van der Waals surface area contributed by atoms with Crippen LogP contribution < -0.4 is 10.6 Å². The first-order chi connectivity index (χ1) is 8.90. The summed E-state index contributed by atoms with van der Waals surface area (Å²) in [6.07, 6.45) is 0. The van der Waals surface area contributed by atoms with Gasteiger partial charge in [-0.05, 0) is 28.1 Å². The maximum atomic E-state index is 13.7. The van der Waals surface area contributed by atoms with Gasteiger partial charge in [0.1, 0.15) is 10.7 Å². The fourth-order valence-corrected chi connectivity index (χ4v) is 3.16. The Labute approximate surface area is 118 Å². The first-order valence-corrected chi connectivity index (χ1v) is 7.77. The minimum Gasteiger partial charge on any atom is -0.398 e. The van der Waals surface area contributed by atoms with Gasteiger partial charge in [0.25, 0.3) is 10.0 Å². The van der Waals surface area contributed by atoms with E-state index in [4.69, 9.17) is 10.5 Å². The zero-order valence-corrected chi connectivity index (χ0v) is 12.3. The largest absolute Gasteiger partial charge is 0.398 e. The molecule has 19 heavy (non-hydrogen) atoms. The number of morpholine rings is 1. The van der Waals surface area contributed by atoms with Crippen LogP contribution >= 0.6 is 15.9 Å². The Kier molecular flexibility index (Phi) is 4.41. The van der Waals surface area contributed by atoms with Crippen LogP contribution in [-0.4, -0.2) is 39.7 Å². The van der Waals surface area contributed by atoms with Crippen LogP contribution in [0.4, 0.5) is 10.1 Å². The lowest BCUT2D eigenvalue weighted by Gasteiger charge is -2.26. The van der Waals surface area contributed by atoms with E-state index in [1.54, 1.807) is 0 Å². The van der Waals surface area contributed by atoms with Crippen molar-refractivity contribution in [2.75, 3.05) is 32.0 Å². The lowest BCUT2D eigenvalue weighted by atomic mass is 10.3. The Morgan fingerprint density at radius 2 is 2.00 bits per heavy atom. The molecule has 9 heteroatoms. The molecule has 0 saturated carbocycles. The number of benzene rings is 1. The van der Waals surface area contributed by atoms with Crippen molar-refractivity contribution in [1.29, 1.82) is 0 Å². The van der Waals surface area contributed by atoms with Crippen molar-refractivity contribution in [2.45, 2.75) is 4.90 Å². The topological polar surface area (TPSA) is 84.7 Å². The first-order valence-electron chi connectivity index (χ1n) is 5.50. The number of sulfonamides is 1. The normalized spacial score (nSPS) is 17.6. The summed E-state index contributed by atoms with van der Waals surface area (Å²) < 4.78 is 43.3. The second-order valence-corrected chi connectivity index (χ2v) is 6.48. The molecule has 3 N–H and O–H groups in total. The monoisotopic (exact) mass is 353 g/mol. The van der Waals surface area contributed by atoms with E-state index in [0.717, 1.165) is 12.1 Å². The molecule has 2 rings (SSSR count). The average molecular weight is 354 g/mol. The van der Waals surface area contributed by atoms with Crippen LogP contribution in [0.2, 0.25) is 0 Å². The van der Waals surface area contributed by atoms with Crippen LogP contribution in [-0.2, 0) is 14.8 Å². The lowest BCUT2D eigenvalue weighted by Crippen LogP contribution is -2.48. The van der Waals surface area contributed by atoms with E-state index in [2.05, 4.69) is 20.8 Å². The predicted octanol–water partition coefficient (Wildman–Crippen LogP) is 0.696. The van der Waals surface area contributed by atoms with Crippen LogP contribution in [0.25, 0.3) is 0 Å². The summed E-state index contributed by atoms with van der Waals surface area (Å²) in [4.78, 5) is 1.84. The standard InChI is InChI=1S/C10H13BrFN3O3S/c11-7-5-8(12)10(6-9(7)13)19(16,17)14-15-1-3-18-4-2-15/h5-6,14H,1-4,13H2. The highest BCUT2D eigenvalue weighted by Crippen LogP contribution is 2.26. The number of hydrazine groups is 1. The molecule has 0 spiro atoms. The van der Waals surface area contributed by atoms with Gasteiger partial charge >= 0.3 is 0 Å². The van der Waals surface area contributed by atoms with Gasteiger partial charge in [0, 0.05) is 23.2 Å². The quantitative estimate of drug-likeness (QED) is 0.781. The predicted molar refractivity (Wildman–Crippen MR) is 71.2 cm³/mol. The minimum absolute atomic E-state index is 0.156. The number of nitrogens with zero attached hydrogens (tertiary/aromatic N) is 1. The molecule has 6 nitrogen and oxygen atoms in total. The summed E-state index contributed by atoms with van der Waals surface area (Å²) in [5, 5.41) is 1.47. The highest BCUT2D eigenvalue weighted by Gasteiger charge is 2.24. The smallest absolute Gasteiger partial charge is 0.256 e. The molecule has 0 unspecified atom stereocenters. The molecule has 0 bridgehead atoms. The van der Waals surface area contributed by atoms with Gasteiger partial charge in [-0.25, -0.2) is 17.8 Å². The van der Waals surface area contributed by atoms with Crippen molar-refractivity contribution in [3.63, 3.8) is 0 Å². The number of rotatable bonds is 3. The first kappa shape index (κ1) is 14.7. The van der Waals surface area contributed by atoms with Gasteiger partial charge in [-0.2, -0.15) is 0 Å². The van der Waals surface area contributed by atoms with Gasteiger partial charge in [0.15, 0.2) is 0 Å². The second-order valence-electron chi connectivity index (χ2n) is 4.00. The van der Waals surface area contributed by atoms with E-state index in [9.17, 15) is 12.8 Å². The number of hydrogen-bond donors (Lipinski definition) is 2. The molecule has 0 radical (unpaired) electrons. The Morgan fingerprint density at radius 3 is 2.63 bits per heavy atom. The van der Waals surface area contributed by atoms with Crippen LogP contribution in [0, 0.1) is 5.82 Å². The van der Waals surface area contributed by atoms with E-state index in [0.29, 0.717) is 30.8 Å². The molecule has 0 aliphatic carbocycles. The maximum absolute atomic E-state index is 13.7. The third-order valence-electron chi connectivity index (χ3n) is 2.60. The van der Waals surface area contributed by atoms with Crippen LogP contribution in [0.3, 0.4) is 0 Å². The highest BCUT2D eigenvalue weighted by molar-refractivity contribution is 9.10. The summed E-state index contributed by atoms with van der Waals surface area (Å²) in [6, 6.07) is 2.12. The SMILES string of the molecule is Nc1cc(S(=O)(=O)NN2CCOCC2)c(F)cc1Br. The van der Waals surface area contributed by atoms with E-state index in [1.165, 1.54) is 5.01 Å². The molecule has 1 aliphatic heterocycles.